The fourth-order valence-electron chi connectivity index (χ4n) is 1.14. The SMILES string of the molecule is SNCCN1CCNCC1. The third-order valence-corrected chi connectivity index (χ3v) is 1.97. The first kappa shape index (κ1) is 8.33. The van der Waals surface area contributed by atoms with Crippen LogP contribution in [0.25, 0.3) is 0 Å². The third-order valence-electron chi connectivity index (χ3n) is 1.75. The van der Waals surface area contributed by atoms with Crippen LogP contribution >= 0.6 is 12.8 Å². The lowest BCUT2D eigenvalue weighted by Gasteiger charge is -2.26. The molecule has 1 aliphatic rings. The largest absolute Gasteiger partial charge is 0.314 e. The zero-order chi connectivity index (χ0) is 7.23. The molecule has 0 unspecified atom stereocenters. The van der Waals surface area contributed by atoms with Crippen LogP contribution in [0.1, 0.15) is 0 Å². The second-order valence-electron chi connectivity index (χ2n) is 2.50. The summed E-state index contributed by atoms with van der Waals surface area (Å²) < 4.78 is 2.85. The van der Waals surface area contributed by atoms with E-state index in [2.05, 4.69) is 27.8 Å². The van der Waals surface area contributed by atoms with Crippen LogP contribution in [-0.2, 0) is 0 Å². The van der Waals surface area contributed by atoms with E-state index in [9.17, 15) is 0 Å². The molecular weight excluding hydrogens is 146 g/mol. The maximum atomic E-state index is 3.93. The van der Waals surface area contributed by atoms with Gasteiger partial charge in [0.1, 0.15) is 0 Å². The van der Waals surface area contributed by atoms with E-state index in [4.69, 9.17) is 0 Å². The van der Waals surface area contributed by atoms with E-state index in [0.29, 0.717) is 0 Å². The number of nitrogens with one attached hydrogen (secondary N) is 2. The van der Waals surface area contributed by atoms with E-state index in [1.54, 1.807) is 0 Å². The lowest BCUT2D eigenvalue weighted by atomic mass is 10.3. The van der Waals surface area contributed by atoms with Crippen molar-refractivity contribution in [1.82, 2.24) is 14.9 Å². The second kappa shape index (κ2) is 4.96. The number of nitrogens with zero attached hydrogens (tertiary/aromatic N) is 1. The quantitative estimate of drug-likeness (QED) is 0.479. The van der Waals surface area contributed by atoms with Crippen LogP contribution in [0.5, 0.6) is 0 Å². The van der Waals surface area contributed by atoms with Crippen LogP contribution in [0.4, 0.5) is 0 Å². The highest BCUT2D eigenvalue weighted by Gasteiger charge is 2.07. The monoisotopic (exact) mass is 161 g/mol. The van der Waals surface area contributed by atoms with Gasteiger partial charge in [0.15, 0.2) is 0 Å². The average Bonchev–Trinajstić information content (AvgIpc) is 2.03. The van der Waals surface area contributed by atoms with Gasteiger partial charge in [-0.2, -0.15) is 0 Å². The van der Waals surface area contributed by atoms with Crippen molar-refractivity contribution in [3.8, 4) is 0 Å². The van der Waals surface area contributed by atoms with E-state index in [0.717, 1.165) is 26.2 Å². The van der Waals surface area contributed by atoms with Crippen LogP contribution in [-0.4, -0.2) is 44.2 Å². The molecule has 0 spiro atoms. The molecule has 1 heterocycles. The van der Waals surface area contributed by atoms with Crippen molar-refractivity contribution in [2.75, 3.05) is 39.3 Å². The minimum absolute atomic E-state index is 0.975. The molecule has 3 nitrogen and oxygen atoms in total. The molecule has 4 heteroatoms. The van der Waals surface area contributed by atoms with Crippen LogP contribution < -0.4 is 10.0 Å². The van der Waals surface area contributed by atoms with Gasteiger partial charge in [0, 0.05) is 39.3 Å². The van der Waals surface area contributed by atoms with Crippen LogP contribution in [0, 0.1) is 0 Å². The molecule has 0 saturated carbocycles. The number of piperazine rings is 1. The first-order valence-electron chi connectivity index (χ1n) is 3.73. The van der Waals surface area contributed by atoms with Gasteiger partial charge in [-0.05, 0) is 0 Å². The van der Waals surface area contributed by atoms with E-state index in [-0.39, 0.29) is 0 Å². The fourth-order valence-corrected chi connectivity index (χ4v) is 1.24. The first-order valence-corrected chi connectivity index (χ1v) is 4.18. The molecule has 60 valence electrons. The van der Waals surface area contributed by atoms with Crippen molar-refractivity contribution in [1.29, 1.82) is 0 Å². The van der Waals surface area contributed by atoms with Crippen molar-refractivity contribution in [2.24, 2.45) is 0 Å². The Hall–Kier alpha value is 0.230. The van der Waals surface area contributed by atoms with E-state index in [1.807, 2.05) is 0 Å². The second-order valence-corrected chi connectivity index (χ2v) is 2.82. The number of hydrogen-bond acceptors (Lipinski definition) is 4. The molecule has 0 bridgehead atoms. The summed E-state index contributed by atoms with van der Waals surface area (Å²) in [5, 5.41) is 3.31. The van der Waals surface area contributed by atoms with Gasteiger partial charge in [-0.3, -0.25) is 9.62 Å². The molecule has 0 radical (unpaired) electrons. The van der Waals surface area contributed by atoms with Crippen LogP contribution in [0.15, 0.2) is 0 Å². The summed E-state index contributed by atoms with van der Waals surface area (Å²) in [5.74, 6) is 0. The van der Waals surface area contributed by atoms with Gasteiger partial charge >= 0.3 is 0 Å². The number of hydrogen-bond donors (Lipinski definition) is 3. The summed E-state index contributed by atoms with van der Waals surface area (Å²) in [4.78, 5) is 2.43. The normalized spacial score (nSPS) is 21.3. The number of thiol groups is 1. The molecule has 0 atom stereocenters. The Morgan fingerprint density at radius 3 is 2.70 bits per heavy atom. The maximum absolute atomic E-state index is 3.93. The van der Waals surface area contributed by atoms with Gasteiger partial charge in [-0.25, -0.2) is 0 Å². The smallest absolute Gasteiger partial charge is 0.0184 e. The van der Waals surface area contributed by atoms with Crippen molar-refractivity contribution in [3.63, 3.8) is 0 Å². The van der Waals surface area contributed by atoms with Gasteiger partial charge in [0.2, 0.25) is 0 Å². The Labute approximate surface area is 67.7 Å². The van der Waals surface area contributed by atoms with Crippen molar-refractivity contribution in [2.45, 2.75) is 0 Å². The van der Waals surface area contributed by atoms with Crippen molar-refractivity contribution in [3.05, 3.63) is 0 Å². The minimum atomic E-state index is 0.975. The summed E-state index contributed by atoms with van der Waals surface area (Å²) >= 11 is 3.93. The average molecular weight is 161 g/mol. The van der Waals surface area contributed by atoms with Crippen LogP contribution in [0.2, 0.25) is 0 Å². The fraction of sp³-hybridized carbons (Fsp3) is 1.00. The molecular formula is C6H15N3S. The highest BCUT2D eigenvalue weighted by atomic mass is 32.1. The molecule has 0 amide bonds. The van der Waals surface area contributed by atoms with Crippen molar-refractivity contribution < 1.29 is 0 Å². The molecule has 10 heavy (non-hydrogen) atoms. The zero-order valence-corrected chi connectivity index (χ0v) is 7.03. The summed E-state index contributed by atoms with van der Waals surface area (Å²) in [7, 11) is 0. The molecule has 0 aromatic heterocycles. The van der Waals surface area contributed by atoms with E-state index in [1.165, 1.54) is 13.1 Å². The topological polar surface area (TPSA) is 27.3 Å². The van der Waals surface area contributed by atoms with Crippen LogP contribution in [0.3, 0.4) is 0 Å². The van der Waals surface area contributed by atoms with Gasteiger partial charge in [0.25, 0.3) is 0 Å². The Kier molecular flexibility index (Phi) is 4.13. The van der Waals surface area contributed by atoms with E-state index < -0.39 is 0 Å². The summed E-state index contributed by atoms with van der Waals surface area (Å²) in [5.41, 5.74) is 0. The maximum Gasteiger partial charge on any atom is 0.0184 e. The van der Waals surface area contributed by atoms with Gasteiger partial charge < -0.3 is 5.32 Å². The van der Waals surface area contributed by atoms with E-state index >= 15 is 0 Å². The Morgan fingerprint density at radius 1 is 1.40 bits per heavy atom. The Morgan fingerprint density at radius 2 is 2.10 bits per heavy atom. The van der Waals surface area contributed by atoms with Gasteiger partial charge in [-0.1, -0.05) is 12.8 Å². The lowest BCUT2D eigenvalue weighted by Crippen LogP contribution is -2.45. The molecule has 1 fully saturated rings. The molecule has 0 aromatic rings. The highest BCUT2D eigenvalue weighted by molar-refractivity contribution is 7.78. The first-order chi connectivity index (χ1) is 4.93. The molecule has 0 aliphatic carbocycles. The third kappa shape index (κ3) is 2.88. The standard InChI is InChI=1S/C6H15N3S/c10-8-3-6-9-4-1-7-2-5-9/h7-8,10H,1-6H2. The molecule has 0 aromatic carbocycles. The molecule has 2 N–H and O–H groups in total. The minimum Gasteiger partial charge on any atom is -0.314 e. The summed E-state index contributed by atoms with van der Waals surface area (Å²) in [6.45, 7) is 6.71. The molecule has 1 saturated heterocycles. The predicted molar refractivity (Wildman–Crippen MR) is 46.3 cm³/mol. The van der Waals surface area contributed by atoms with Crippen molar-refractivity contribution >= 4 is 12.8 Å². The van der Waals surface area contributed by atoms with Gasteiger partial charge in [-0.15, -0.1) is 0 Å². The molecule has 1 aliphatic heterocycles. The number of rotatable bonds is 3. The lowest BCUT2D eigenvalue weighted by molar-refractivity contribution is 0.246. The zero-order valence-electron chi connectivity index (χ0n) is 6.14. The molecule has 1 rings (SSSR count). The summed E-state index contributed by atoms with van der Waals surface area (Å²) in [6, 6.07) is 0. The Bertz CT molecular complexity index is 83.1. The predicted octanol–water partition coefficient (Wildman–Crippen LogP) is -0.674. The summed E-state index contributed by atoms with van der Waals surface area (Å²) in [6.07, 6.45) is 0. The Balaban J connectivity index is 2.02. The van der Waals surface area contributed by atoms with Gasteiger partial charge in [0.05, 0.1) is 0 Å². The highest BCUT2D eigenvalue weighted by Crippen LogP contribution is 1.89.